The van der Waals surface area contributed by atoms with Crippen molar-refractivity contribution in [3.05, 3.63) is 52.2 Å². The Hall–Kier alpha value is -3.60. The van der Waals surface area contributed by atoms with Gasteiger partial charge in [-0.25, -0.2) is 0 Å². The number of aryl methyl sites for hydroxylation is 2. The Balaban J connectivity index is 0.00000304. The number of hydrogen-bond acceptors (Lipinski definition) is 8. The third-order valence-electron chi connectivity index (χ3n) is 6.23. The van der Waals surface area contributed by atoms with E-state index in [4.69, 9.17) is 18.9 Å². The van der Waals surface area contributed by atoms with Gasteiger partial charge >= 0.3 is 5.97 Å². The molecular formula is C25H25BrN2O8. The smallest absolute Gasteiger partial charge is 0.311 e. The third-order valence-corrected chi connectivity index (χ3v) is 6.23. The van der Waals surface area contributed by atoms with Gasteiger partial charge in [-0.2, -0.15) is 4.57 Å². The van der Waals surface area contributed by atoms with Crippen LogP contribution in [0.1, 0.15) is 31.2 Å². The van der Waals surface area contributed by atoms with Gasteiger partial charge in [-0.05, 0) is 48.1 Å². The number of benzene rings is 2. The van der Waals surface area contributed by atoms with Gasteiger partial charge in [-0.1, -0.05) is 6.42 Å². The zero-order chi connectivity index (χ0) is 24.4. The first kappa shape index (κ1) is 25.5. The molecule has 0 radical (unpaired) electrons. The number of carbonyl (C=O) groups is 1. The zero-order valence-corrected chi connectivity index (χ0v) is 21.2. The van der Waals surface area contributed by atoms with Gasteiger partial charge in [-0.15, -0.1) is 10.1 Å². The molecule has 0 spiro atoms. The van der Waals surface area contributed by atoms with E-state index in [1.165, 1.54) is 12.7 Å². The van der Waals surface area contributed by atoms with E-state index in [0.717, 1.165) is 46.5 Å². The van der Waals surface area contributed by atoms with Crippen LogP contribution in [0, 0.1) is 10.1 Å². The van der Waals surface area contributed by atoms with Gasteiger partial charge in [0.05, 0.1) is 24.7 Å². The number of methoxy groups -OCH3 is 1. The fourth-order valence-electron chi connectivity index (χ4n) is 4.52. The molecule has 10 nitrogen and oxygen atoms in total. The molecule has 36 heavy (non-hydrogen) atoms. The van der Waals surface area contributed by atoms with Crippen LogP contribution < -0.4 is 40.5 Å². The number of halogens is 1. The normalized spacial score (nSPS) is 12.8. The Labute approximate surface area is 217 Å². The minimum atomic E-state index is -0.814. The van der Waals surface area contributed by atoms with Crippen molar-refractivity contribution in [2.75, 3.05) is 20.5 Å². The lowest BCUT2D eigenvalue weighted by Crippen LogP contribution is -3.00. The van der Waals surface area contributed by atoms with Gasteiger partial charge in [0.2, 0.25) is 12.5 Å². The predicted molar refractivity (Wildman–Crippen MR) is 123 cm³/mol. The van der Waals surface area contributed by atoms with Gasteiger partial charge < -0.3 is 40.8 Å². The Bertz CT molecular complexity index is 1310. The van der Waals surface area contributed by atoms with E-state index >= 15 is 0 Å². The molecule has 2 aliphatic heterocycles. The predicted octanol–water partition coefficient (Wildman–Crippen LogP) is 0.766. The topological polar surface area (TPSA) is 110 Å². The lowest BCUT2D eigenvalue weighted by Gasteiger charge is -2.17. The van der Waals surface area contributed by atoms with Crippen molar-refractivity contribution < 1.29 is 55.2 Å². The van der Waals surface area contributed by atoms with Crippen LogP contribution in [0.2, 0.25) is 0 Å². The van der Waals surface area contributed by atoms with E-state index in [1.54, 1.807) is 6.07 Å². The molecule has 0 atom stereocenters. The number of hydrogen-bond donors (Lipinski definition) is 0. The second kappa shape index (κ2) is 11.0. The summed E-state index contributed by atoms with van der Waals surface area (Å²) in [7, 11) is 1.54. The highest BCUT2D eigenvalue weighted by molar-refractivity contribution is 5.93. The van der Waals surface area contributed by atoms with Crippen molar-refractivity contribution in [1.82, 2.24) is 0 Å². The molecule has 0 aliphatic carbocycles. The summed E-state index contributed by atoms with van der Waals surface area (Å²) < 4.78 is 24.5. The molecular weight excluding hydrogens is 536 g/mol. The van der Waals surface area contributed by atoms with Crippen LogP contribution in [0.4, 0.5) is 0 Å². The summed E-state index contributed by atoms with van der Waals surface area (Å²) in [6.45, 7) is 1.03. The van der Waals surface area contributed by atoms with E-state index in [-0.39, 0.29) is 42.8 Å². The van der Waals surface area contributed by atoms with Crippen molar-refractivity contribution in [2.45, 2.75) is 38.6 Å². The van der Waals surface area contributed by atoms with Crippen LogP contribution in [0.15, 0.2) is 36.5 Å². The van der Waals surface area contributed by atoms with Gasteiger partial charge in [0.1, 0.15) is 0 Å². The second-order valence-electron chi connectivity index (χ2n) is 8.41. The molecule has 5 rings (SSSR count). The summed E-state index contributed by atoms with van der Waals surface area (Å²) in [4.78, 5) is 27.1. The molecule has 3 heterocycles. The Morgan fingerprint density at radius 2 is 1.94 bits per heavy atom. The lowest BCUT2D eigenvalue weighted by atomic mass is 9.95. The van der Waals surface area contributed by atoms with Crippen molar-refractivity contribution in [2.24, 2.45) is 0 Å². The molecule has 2 aliphatic rings. The highest BCUT2D eigenvalue weighted by atomic mass is 79.9. The molecule has 0 saturated carbocycles. The van der Waals surface area contributed by atoms with Crippen LogP contribution in [-0.2, 0) is 22.6 Å². The van der Waals surface area contributed by atoms with Crippen LogP contribution in [0.5, 0.6) is 23.0 Å². The van der Waals surface area contributed by atoms with Crippen molar-refractivity contribution in [3.63, 3.8) is 0 Å². The molecule has 0 saturated heterocycles. The van der Waals surface area contributed by atoms with E-state index in [0.29, 0.717) is 30.8 Å². The molecule has 0 N–H and O–H groups in total. The molecule has 0 unspecified atom stereocenters. The van der Waals surface area contributed by atoms with Crippen LogP contribution in [0.3, 0.4) is 0 Å². The molecule has 11 heteroatoms. The second-order valence-corrected chi connectivity index (χ2v) is 8.41. The summed E-state index contributed by atoms with van der Waals surface area (Å²) in [6, 6.07) is 9.90. The van der Waals surface area contributed by atoms with Crippen LogP contribution in [-0.4, -0.2) is 31.6 Å². The SMILES string of the molecule is COc1ccc2cc3[n+](cc2c1OC(=O)CCCCCO[N+](=O)[O-])CCc1cc2c(cc1-3)OCO2.[Br-]. The molecule has 2 aromatic carbocycles. The van der Waals surface area contributed by atoms with Crippen molar-refractivity contribution >= 4 is 16.7 Å². The minimum absolute atomic E-state index is 0. The molecule has 0 fully saturated rings. The Morgan fingerprint density at radius 3 is 2.72 bits per heavy atom. The van der Waals surface area contributed by atoms with Gasteiger partial charge in [-0.3, -0.25) is 4.79 Å². The van der Waals surface area contributed by atoms with Crippen LogP contribution in [0.25, 0.3) is 22.0 Å². The summed E-state index contributed by atoms with van der Waals surface area (Å²) >= 11 is 0. The average Bonchev–Trinajstić information content (AvgIpc) is 3.31. The van der Waals surface area contributed by atoms with E-state index in [2.05, 4.69) is 21.5 Å². The number of ether oxygens (including phenoxy) is 4. The summed E-state index contributed by atoms with van der Waals surface area (Å²) in [5, 5.41) is 11.1. The van der Waals surface area contributed by atoms with Crippen molar-refractivity contribution in [1.29, 1.82) is 0 Å². The molecule has 0 bridgehead atoms. The number of esters is 1. The summed E-state index contributed by atoms with van der Waals surface area (Å²) in [6.07, 6.45) is 4.70. The number of carbonyl (C=O) groups excluding carboxylic acids is 1. The molecule has 3 aromatic rings. The number of aromatic nitrogens is 1. The monoisotopic (exact) mass is 560 g/mol. The van der Waals surface area contributed by atoms with Gasteiger partial charge in [0.25, 0.3) is 5.09 Å². The lowest BCUT2D eigenvalue weighted by molar-refractivity contribution is -0.757. The maximum Gasteiger partial charge on any atom is 0.311 e. The largest absolute Gasteiger partial charge is 1.00 e. The number of unbranched alkanes of at least 4 members (excludes halogenated alkanes) is 2. The summed E-state index contributed by atoms with van der Waals surface area (Å²) in [5.41, 5.74) is 3.35. The minimum Gasteiger partial charge on any atom is -1.00 e. The van der Waals surface area contributed by atoms with Crippen molar-refractivity contribution in [3.8, 4) is 34.3 Å². The fourth-order valence-corrected chi connectivity index (χ4v) is 4.52. The van der Waals surface area contributed by atoms with Crippen LogP contribution >= 0.6 is 0 Å². The maximum atomic E-state index is 12.6. The third kappa shape index (κ3) is 5.15. The molecule has 190 valence electrons. The number of fused-ring (bicyclic) bond motifs is 5. The standard InChI is InChI=1S/C25H25N2O8.BrH/c1-31-21-7-6-16-11-20-18-13-23-22(32-15-33-23)12-17(18)8-9-26(20)14-19(16)25(21)35-24(28)5-3-2-4-10-34-27(29)30;/h6-7,11-14H,2-5,8-10,15H2,1H3;1H/q+1;/p-1. The summed E-state index contributed by atoms with van der Waals surface area (Å²) in [5.74, 6) is 2.00. The van der Waals surface area contributed by atoms with E-state index < -0.39 is 5.09 Å². The first-order valence-electron chi connectivity index (χ1n) is 11.5. The number of nitrogens with zero attached hydrogens (tertiary/aromatic N) is 2. The van der Waals surface area contributed by atoms with E-state index in [1.807, 2.05) is 18.3 Å². The zero-order valence-electron chi connectivity index (χ0n) is 19.7. The highest BCUT2D eigenvalue weighted by Crippen LogP contribution is 2.41. The Morgan fingerprint density at radius 1 is 1.14 bits per heavy atom. The average molecular weight is 561 g/mol. The van der Waals surface area contributed by atoms with Gasteiger partial charge in [0, 0.05) is 18.9 Å². The molecule has 0 amide bonds. The first-order valence-corrected chi connectivity index (χ1v) is 11.5. The highest BCUT2D eigenvalue weighted by Gasteiger charge is 2.29. The first-order chi connectivity index (χ1) is 17.0. The maximum absolute atomic E-state index is 12.6. The number of rotatable bonds is 9. The number of pyridine rings is 1. The van der Waals surface area contributed by atoms with Gasteiger partial charge in [0.15, 0.2) is 35.7 Å². The quantitative estimate of drug-likeness (QED) is 0.0942. The molecule has 1 aromatic heterocycles. The fraction of sp³-hybridized carbons (Fsp3) is 0.360. The Kier molecular flexibility index (Phi) is 7.78. The van der Waals surface area contributed by atoms with E-state index in [9.17, 15) is 14.9 Å².